The fourth-order valence-corrected chi connectivity index (χ4v) is 2.61. The summed E-state index contributed by atoms with van der Waals surface area (Å²) in [6, 6.07) is 3.55. The second kappa shape index (κ2) is 5.82. The van der Waals surface area contributed by atoms with Crippen LogP contribution in [0.3, 0.4) is 0 Å². The summed E-state index contributed by atoms with van der Waals surface area (Å²) >= 11 is 0. The highest BCUT2D eigenvalue weighted by atomic mass is 16.4. The first-order valence-electron chi connectivity index (χ1n) is 6.52. The number of pyridine rings is 1. The van der Waals surface area contributed by atoms with Crippen LogP contribution in [0.1, 0.15) is 37.8 Å². The molecule has 19 heavy (non-hydrogen) atoms. The van der Waals surface area contributed by atoms with Crippen LogP contribution in [0.2, 0.25) is 0 Å². The van der Waals surface area contributed by atoms with Crippen molar-refractivity contribution in [2.45, 2.75) is 32.2 Å². The van der Waals surface area contributed by atoms with E-state index in [1.165, 1.54) is 0 Å². The Morgan fingerprint density at radius 2 is 2.16 bits per heavy atom. The third kappa shape index (κ3) is 3.10. The lowest BCUT2D eigenvalue weighted by Gasteiger charge is -2.19. The first-order valence-corrected chi connectivity index (χ1v) is 6.52. The summed E-state index contributed by atoms with van der Waals surface area (Å²) < 4.78 is 0. The van der Waals surface area contributed by atoms with Crippen LogP contribution in [0.4, 0.5) is 0 Å². The van der Waals surface area contributed by atoms with Gasteiger partial charge in [-0.25, -0.2) is 0 Å². The van der Waals surface area contributed by atoms with E-state index in [1.54, 1.807) is 12.4 Å². The van der Waals surface area contributed by atoms with Crippen LogP contribution in [0, 0.1) is 11.8 Å². The lowest BCUT2D eigenvalue weighted by molar-refractivity contribution is -0.146. The predicted molar refractivity (Wildman–Crippen MR) is 69.3 cm³/mol. The average Bonchev–Trinajstić information content (AvgIpc) is 2.89. The number of carboxylic acid groups (broad SMARTS) is 1. The van der Waals surface area contributed by atoms with Crippen molar-refractivity contribution in [3.63, 3.8) is 0 Å². The summed E-state index contributed by atoms with van der Waals surface area (Å²) in [4.78, 5) is 27.2. The van der Waals surface area contributed by atoms with E-state index in [-0.39, 0.29) is 11.9 Å². The summed E-state index contributed by atoms with van der Waals surface area (Å²) in [6.07, 6.45) is 5.43. The highest BCUT2D eigenvalue weighted by molar-refractivity contribution is 5.85. The van der Waals surface area contributed by atoms with Crippen molar-refractivity contribution in [1.29, 1.82) is 0 Å². The SMILES string of the molecule is CC(NC(=O)C1CCCC1C(=O)O)c1cccnc1. The quantitative estimate of drug-likeness (QED) is 0.866. The van der Waals surface area contributed by atoms with E-state index in [4.69, 9.17) is 5.11 Å². The van der Waals surface area contributed by atoms with Crippen LogP contribution in [-0.4, -0.2) is 22.0 Å². The fourth-order valence-electron chi connectivity index (χ4n) is 2.61. The Kier molecular flexibility index (Phi) is 4.14. The molecule has 1 aromatic rings. The van der Waals surface area contributed by atoms with Gasteiger partial charge >= 0.3 is 5.97 Å². The molecule has 1 heterocycles. The summed E-state index contributed by atoms with van der Waals surface area (Å²) in [7, 11) is 0. The molecule has 0 radical (unpaired) electrons. The molecule has 1 saturated carbocycles. The lowest BCUT2D eigenvalue weighted by Crippen LogP contribution is -2.36. The van der Waals surface area contributed by atoms with Crippen molar-refractivity contribution >= 4 is 11.9 Å². The summed E-state index contributed by atoms with van der Waals surface area (Å²) in [6.45, 7) is 1.87. The summed E-state index contributed by atoms with van der Waals surface area (Å²) in [5.41, 5.74) is 0.917. The third-order valence-electron chi connectivity index (χ3n) is 3.71. The highest BCUT2D eigenvalue weighted by Crippen LogP contribution is 2.32. The Morgan fingerprint density at radius 3 is 2.79 bits per heavy atom. The molecular formula is C14H18N2O3. The van der Waals surface area contributed by atoms with Crippen molar-refractivity contribution in [3.05, 3.63) is 30.1 Å². The molecule has 0 spiro atoms. The Hall–Kier alpha value is -1.91. The number of nitrogens with zero attached hydrogens (tertiary/aromatic N) is 1. The van der Waals surface area contributed by atoms with E-state index >= 15 is 0 Å². The number of carboxylic acids is 1. The molecule has 1 aliphatic rings. The Bertz CT molecular complexity index is 461. The normalized spacial score (nSPS) is 23.8. The largest absolute Gasteiger partial charge is 0.481 e. The van der Waals surface area contributed by atoms with Gasteiger partial charge in [-0.3, -0.25) is 14.6 Å². The molecule has 102 valence electrons. The molecule has 1 fully saturated rings. The van der Waals surface area contributed by atoms with Crippen LogP contribution in [0.5, 0.6) is 0 Å². The van der Waals surface area contributed by atoms with E-state index in [0.717, 1.165) is 12.0 Å². The minimum atomic E-state index is -0.869. The topological polar surface area (TPSA) is 79.3 Å². The zero-order chi connectivity index (χ0) is 13.8. The number of amides is 1. The van der Waals surface area contributed by atoms with Gasteiger partial charge in [-0.15, -0.1) is 0 Å². The van der Waals surface area contributed by atoms with Gasteiger partial charge in [0.2, 0.25) is 5.91 Å². The van der Waals surface area contributed by atoms with Crippen LogP contribution in [0.25, 0.3) is 0 Å². The smallest absolute Gasteiger partial charge is 0.307 e. The fraction of sp³-hybridized carbons (Fsp3) is 0.500. The number of aromatic nitrogens is 1. The molecule has 5 heteroatoms. The average molecular weight is 262 g/mol. The number of rotatable bonds is 4. The van der Waals surface area contributed by atoms with Gasteiger partial charge in [0.15, 0.2) is 0 Å². The molecular weight excluding hydrogens is 244 g/mol. The summed E-state index contributed by atoms with van der Waals surface area (Å²) in [5.74, 6) is -1.98. The molecule has 0 saturated heterocycles. The molecule has 0 aromatic carbocycles. The molecule has 2 rings (SSSR count). The molecule has 0 bridgehead atoms. The molecule has 2 N–H and O–H groups in total. The Labute approximate surface area is 112 Å². The molecule has 0 aliphatic heterocycles. The van der Waals surface area contributed by atoms with Crippen molar-refractivity contribution in [3.8, 4) is 0 Å². The zero-order valence-corrected chi connectivity index (χ0v) is 10.9. The van der Waals surface area contributed by atoms with Crippen LogP contribution in [-0.2, 0) is 9.59 Å². The van der Waals surface area contributed by atoms with Gasteiger partial charge in [0.1, 0.15) is 0 Å². The van der Waals surface area contributed by atoms with Gasteiger partial charge in [-0.2, -0.15) is 0 Å². The number of hydrogen-bond donors (Lipinski definition) is 2. The van der Waals surface area contributed by atoms with E-state index in [1.807, 2.05) is 19.1 Å². The van der Waals surface area contributed by atoms with Crippen molar-refractivity contribution in [2.24, 2.45) is 11.8 Å². The van der Waals surface area contributed by atoms with Crippen LogP contribution < -0.4 is 5.32 Å². The standard InChI is InChI=1S/C14H18N2O3/c1-9(10-4-3-7-15-8-10)16-13(17)11-5-2-6-12(11)14(18)19/h3-4,7-9,11-12H,2,5-6H2,1H3,(H,16,17)(H,18,19). The van der Waals surface area contributed by atoms with E-state index < -0.39 is 17.8 Å². The molecule has 1 aliphatic carbocycles. The molecule has 1 amide bonds. The number of aliphatic carboxylic acids is 1. The van der Waals surface area contributed by atoms with Gasteiger partial charge in [-0.05, 0) is 31.4 Å². The number of carbonyl (C=O) groups is 2. The minimum absolute atomic E-state index is 0.156. The first kappa shape index (κ1) is 13.5. The van der Waals surface area contributed by atoms with Crippen LogP contribution in [0.15, 0.2) is 24.5 Å². The number of hydrogen-bond acceptors (Lipinski definition) is 3. The zero-order valence-electron chi connectivity index (χ0n) is 10.9. The Balaban J connectivity index is 1.99. The maximum atomic E-state index is 12.1. The second-order valence-corrected chi connectivity index (χ2v) is 5.00. The predicted octanol–water partition coefficient (Wildman–Crippen LogP) is 1.76. The van der Waals surface area contributed by atoms with Crippen molar-refractivity contribution in [1.82, 2.24) is 10.3 Å². The van der Waals surface area contributed by atoms with Gasteiger partial charge in [0.05, 0.1) is 17.9 Å². The van der Waals surface area contributed by atoms with Gasteiger partial charge in [-0.1, -0.05) is 12.5 Å². The Morgan fingerprint density at radius 1 is 1.42 bits per heavy atom. The van der Waals surface area contributed by atoms with Crippen molar-refractivity contribution in [2.75, 3.05) is 0 Å². The first-order chi connectivity index (χ1) is 9.09. The van der Waals surface area contributed by atoms with Gasteiger partial charge in [0.25, 0.3) is 0 Å². The third-order valence-corrected chi connectivity index (χ3v) is 3.71. The van der Waals surface area contributed by atoms with E-state index in [2.05, 4.69) is 10.3 Å². The molecule has 1 aromatic heterocycles. The summed E-state index contributed by atoms with van der Waals surface area (Å²) in [5, 5.41) is 12.0. The van der Waals surface area contributed by atoms with Gasteiger partial charge < -0.3 is 10.4 Å². The minimum Gasteiger partial charge on any atom is -0.481 e. The number of nitrogens with one attached hydrogen (secondary N) is 1. The van der Waals surface area contributed by atoms with Crippen LogP contribution >= 0.6 is 0 Å². The van der Waals surface area contributed by atoms with E-state index in [9.17, 15) is 9.59 Å². The van der Waals surface area contributed by atoms with Crippen molar-refractivity contribution < 1.29 is 14.7 Å². The molecule has 5 nitrogen and oxygen atoms in total. The second-order valence-electron chi connectivity index (χ2n) is 5.00. The maximum absolute atomic E-state index is 12.1. The van der Waals surface area contributed by atoms with E-state index in [0.29, 0.717) is 12.8 Å². The molecule has 3 unspecified atom stereocenters. The maximum Gasteiger partial charge on any atom is 0.307 e. The monoisotopic (exact) mass is 262 g/mol. The van der Waals surface area contributed by atoms with Gasteiger partial charge in [0, 0.05) is 12.4 Å². The lowest BCUT2D eigenvalue weighted by atomic mass is 9.95. The molecule has 3 atom stereocenters. The number of carbonyl (C=O) groups excluding carboxylic acids is 1. The highest BCUT2D eigenvalue weighted by Gasteiger charge is 2.38.